The highest BCUT2D eigenvalue weighted by atomic mass is 16.5. The van der Waals surface area contributed by atoms with Crippen LogP contribution in [0.25, 0.3) is 22.3 Å². The Kier molecular flexibility index (Phi) is 6.54. The lowest BCUT2D eigenvalue weighted by Crippen LogP contribution is -2.42. The highest BCUT2D eigenvalue weighted by Gasteiger charge is 2.15. The standard InChI is InChI=1S/C22H26N6O3/c1-28(2)20(29)14-31-16-5-3-15(4-6-16)18-11-19-21(25-8-7-24-19)22(27-18)26-13-17-12-23-9-10-30-17/h3-8,11,17,23H,9-10,12-14H2,1-2H3,(H,26,27). The van der Waals surface area contributed by atoms with Gasteiger partial charge in [0.15, 0.2) is 12.4 Å². The molecular weight excluding hydrogens is 396 g/mol. The topological polar surface area (TPSA) is 102 Å². The summed E-state index contributed by atoms with van der Waals surface area (Å²) in [5.74, 6) is 1.21. The summed E-state index contributed by atoms with van der Waals surface area (Å²) in [4.78, 5) is 26.9. The number of carbonyl (C=O) groups excluding carboxylic acids is 1. The number of rotatable bonds is 7. The van der Waals surface area contributed by atoms with Crippen LogP contribution in [0.1, 0.15) is 0 Å². The predicted octanol–water partition coefficient (Wildman–Crippen LogP) is 1.56. The maximum absolute atomic E-state index is 11.7. The number of nitrogens with one attached hydrogen (secondary N) is 2. The first-order valence-corrected chi connectivity index (χ1v) is 10.2. The lowest BCUT2D eigenvalue weighted by molar-refractivity contribution is -0.130. The summed E-state index contributed by atoms with van der Waals surface area (Å²) in [6, 6.07) is 9.40. The van der Waals surface area contributed by atoms with Gasteiger partial charge in [-0.15, -0.1) is 0 Å². The number of pyridine rings is 1. The van der Waals surface area contributed by atoms with E-state index in [1.54, 1.807) is 26.5 Å². The van der Waals surface area contributed by atoms with Crippen LogP contribution in [0.2, 0.25) is 0 Å². The van der Waals surface area contributed by atoms with Crippen LogP contribution in [-0.2, 0) is 9.53 Å². The van der Waals surface area contributed by atoms with E-state index in [9.17, 15) is 4.79 Å². The summed E-state index contributed by atoms with van der Waals surface area (Å²) in [7, 11) is 3.40. The number of hydrogen-bond donors (Lipinski definition) is 2. The third-order valence-electron chi connectivity index (χ3n) is 4.97. The molecule has 2 aromatic heterocycles. The largest absolute Gasteiger partial charge is 0.484 e. The first-order chi connectivity index (χ1) is 15.1. The van der Waals surface area contributed by atoms with Crippen LogP contribution >= 0.6 is 0 Å². The molecule has 31 heavy (non-hydrogen) atoms. The minimum atomic E-state index is -0.0910. The van der Waals surface area contributed by atoms with Crippen molar-refractivity contribution in [2.24, 2.45) is 0 Å². The van der Waals surface area contributed by atoms with Gasteiger partial charge in [-0.2, -0.15) is 0 Å². The molecule has 1 atom stereocenters. The quantitative estimate of drug-likeness (QED) is 0.592. The van der Waals surface area contributed by atoms with Gasteiger partial charge in [0.2, 0.25) is 0 Å². The fourth-order valence-electron chi connectivity index (χ4n) is 3.20. The summed E-state index contributed by atoms with van der Waals surface area (Å²) in [6.07, 6.45) is 3.41. The van der Waals surface area contributed by atoms with Gasteiger partial charge < -0.3 is 25.0 Å². The number of fused-ring (bicyclic) bond motifs is 1. The van der Waals surface area contributed by atoms with Gasteiger partial charge in [-0.3, -0.25) is 9.78 Å². The molecule has 0 radical (unpaired) electrons. The number of carbonyl (C=O) groups is 1. The molecule has 3 heterocycles. The second-order valence-electron chi connectivity index (χ2n) is 7.46. The zero-order chi connectivity index (χ0) is 21.6. The van der Waals surface area contributed by atoms with Crippen molar-refractivity contribution in [1.29, 1.82) is 0 Å². The van der Waals surface area contributed by atoms with Crippen molar-refractivity contribution in [2.75, 3.05) is 52.3 Å². The van der Waals surface area contributed by atoms with Gasteiger partial charge >= 0.3 is 0 Å². The second kappa shape index (κ2) is 9.67. The minimum Gasteiger partial charge on any atom is -0.484 e. The van der Waals surface area contributed by atoms with E-state index < -0.39 is 0 Å². The molecule has 0 spiro atoms. The van der Waals surface area contributed by atoms with Crippen LogP contribution in [0.4, 0.5) is 5.82 Å². The van der Waals surface area contributed by atoms with Crippen LogP contribution < -0.4 is 15.4 Å². The maximum atomic E-state index is 11.7. The van der Waals surface area contributed by atoms with Crippen molar-refractivity contribution in [3.63, 3.8) is 0 Å². The van der Waals surface area contributed by atoms with Crippen molar-refractivity contribution in [3.8, 4) is 17.0 Å². The Balaban J connectivity index is 1.53. The Hall–Kier alpha value is -3.30. The third kappa shape index (κ3) is 5.25. The number of nitrogens with zero attached hydrogens (tertiary/aromatic N) is 4. The zero-order valence-electron chi connectivity index (χ0n) is 17.7. The van der Waals surface area contributed by atoms with Crippen LogP contribution in [0, 0.1) is 0 Å². The molecule has 1 aliphatic rings. The molecule has 1 aliphatic heterocycles. The normalized spacial score (nSPS) is 16.1. The molecule has 1 amide bonds. The van der Waals surface area contributed by atoms with Crippen molar-refractivity contribution >= 4 is 22.8 Å². The summed E-state index contributed by atoms with van der Waals surface area (Å²) in [6.45, 7) is 3.01. The van der Waals surface area contributed by atoms with Crippen LogP contribution in [0.3, 0.4) is 0 Å². The smallest absolute Gasteiger partial charge is 0.259 e. The number of benzene rings is 1. The predicted molar refractivity (Wildman–Crippen MR) is 118 cm³/mol. The van der Waals surface area contributed by atoms with E-state index in [1.807, 2.05) is 30.3 Å². The Morgan fingerprint density at radius 1 is 1.26 bits per heavy atom. The van der Waals surface area contributed by atoms with E-state index in [0.717, 1.165) is 35.4 Å². The van der Waals surface area contributed by atoms with Gasteiger partial charge in [-0.05, 0) is 30.3 Å². The van der Waals surface area contributed by atoms with Crippen LogP contribution in [0.15, 0.2) is 42.7 Å². The Morgan fingerprint density at radius 3 is 2.81 bits per heavy atom. The average Bonchev–Trinajstić information content (AvgIpc) is 2.81. The van der Waals surface area contributed by atoms with E-state index in [2.05, 4.69) is 20.6 Å². The molecule has 9 heteroatoms. The van der Waals surface area contributed by atoms with E-state index in [-0.39, 0.29) is 18.6 Å². The van der Waals surface area contributed by atoms with Gasteiger partial charge in [0.25, 0.3) is 5.91 Å². The number of hydrogen-bond acceptors (Lipinski definition) is 8. The number of likely N-dealkylation sites (N-methyl/N-ethyl adjacent to an activating group) is 1. The number of morpholine rings is 1. The van der Waals surface area contributed by atoms with Crippen LogP contribution in [-0.4, -0.2) is 78.8 Å². The van der Waals surface area contributed by atoms with E-state index >= 15 is 0 Å². The van der Waals surface area contributed by atoms with Crippen molar-refractivity contribution in [2.45, 2.75) is 6.10 Å². The fourth-order valence-corrected chi connectivity index (χ4v) is 3.20. The third-order valence-corrected chi connectivity index (χ3v) is 4.97. The van der Waals surface area contributed by atoms with Gasteiger partial charge in [0.05, 0.1) is 23.9 Å². The first kappa shape index (κ1) is 21.0. The summed E-state index contributed by atoms with van der Waals surface area (Å²) < 4.78 is 11.3. The van der Waals surface area contributed by atoms with Gasteiger partial charge in [-0.25, -0.2) is 9.97 Å². The zero-order valence-corrected chi connectivity index (χ0v) is 17.7. The van der Waals surface area contributed by atoms with Crippen molar-refractivity contribution < 1.29 is 14.3 Å². The molecule has 1 unspecified atom stereocenters. The maximum Gasteiger partial charge on any atom is 0.259 e. The number of anilines is 1. The molecule has 3 aromatic rings. The van der Waals surface area contributed by atoms with Gasteiger partial charge in [0.1, 0.15) is 11.3 Å². The van der Waals surface area contributed by atoms with Crippen molar-refractivity contribution in [3.05, 3.63) is 42.7 Å². The molecule has 2 N–H and O–H groups in total. The molecule has 0 bridgehead atoms. The molecule has 4 rings (SSSR count). The van der Waals surface area contributed by atoms with Gasteiger partial charge in [-0.1, -0.05) is 0 Å². The monoisotopic (exact) mass is 422 g/mol. The Morgan fingerprint density at radius 2 is 2.06 bits per heavy atom. The Bertz CT molecular complexity index is 1040. The molecule has 0 saturated carbocycles. The molecule has 9 nitrogen and oxygen atoms in total. The number of amides is 1. The van der Waals surface area contributed by atoms with E-state index in [0.29, 0.717) is 24.7 Å². The number of ether oxygens (including phenoxy) is 2. The lowest BCUT2D eigenvalue weighted by atomic mass is 10.1. The first-order valence-electron chi connectivity index (χ1n) is 10.2. The second-order valence-corrected chi connectivity index (χ2v) is 7.46. The molecule has 162 valence electrons. The summed E-state index contributed by atoms with van der Waals surface area (Å²) >= 11 is 0. The van der Waals surface area contributed by atoms with Crippen LogP contribution in [0.5, 0.6) is 5.75 Å². The SMILES string of the molecule is CN(C)C(=O)COc1ccc(-c2cc3nccnc3c(NCC3CNCCO3)n2)cc1. The molecular formula is C22H26N6O3. The molecule has 0 aliphatic carbocycles. The average molecular weight is 422 g/mol. The van der Waals surface area contributed by atoms with Crippen molar-refractivity contribution in [1.82, 2.24) is 25.2 Å². The molecule has 1 aromatic carbocycles. The van der Waals surface area contributed by atoms with Gasteiger partial charge in [0, 0.05) is 51.7 Å². The Labute approximate surface area is 180 Å². The lowest BCUT2D eigenvalue weighted by Gasteiger charge is -2.24. The summed E-state index contributed by atoms with van der Waals surface area (Å²) in [5.41, 5.74) is 3.17. The van der Waals surface area contributed by atoms with E-state index in [1.165, 1.54) is 4.90 Å². The molecule has 1 fully saturated rings. The fraction of sp³-hybridized carbons (Fsp3) is 0.364. The number of aromatic nitrogens is 3. The highest BCUT2D eigenvalue weighted by molar-refractivity contribution is 5.88. The molecule has 1 saturated heterocycles. The highest BCUT2D eigenvalue weighted by Crippen LogP contribution is 2.27. The van der Waals surface area contributed by atoms with E-state index in [4.69, 9.17) is 14.5 Å². The summed E-state index contributed by atoms with van der Waals surface area (Å²) in [5, 5.41) is 6.70. The minimum absolute atomic E-state index is 0.00231.